The maximum absolute atomic E-state index is 10.0. The number of hydrogen-bond donors (Lipinski definition) is 2. The lowest BCUT2D eigenvalue weighted by Gasteiger charge is -2.10. The van der Waals surface area contributed by atoms with E-state index in [1.165, 1.54) is 5.56 Å². The van der Waals surface area contributed by atoms with Crippen molar-refractivity contribution in [2.75, 3.05) is 0 Å². The topological polar surface area (TPSA) is 40.5 Å². The van der Waals surface area contributed by atoms with Crippen LogP contribution in [0.15, 0.2) is 36.4 Å². The van der Waals surface area contributed by atoms with Crippen molar-refractivity contribution in [2.24, 2.45) is 0 Å². The molecular weight excluding hydrogens is 224 g/mol. The van der Waals surface area contributed by atoms with Crippen molar-refractivity contribution in [3.8, 4) is 11.5 Å². The first-order valence-electron chi connectivity index (χ1n) is 5.92. The molecule has 2 N–H and O–H groups in total. The van der Waals surface area contributed by atoms with Gasteiger partial charge in [0.15, 0.2) is 11.5 Å². The van der Waals surface area contributed by atoms with Crippen molar-refractivity contribution >= 4 is 21.5 Å². The number of fused-ring (bicyclic) bond motifs is 3. The minimum Gasteiger partial charge on any atom is -0.504 e. The first-order chi connectivity index (χ1) is 8.58. The molecule has 3 rings (SSSR count). The standard InChI is InChI=1S/C16H14O2/c1-9-3-4-11-5-6-12-14(13(11)7-9)8-10(2)15(17)16(12)18/h3-8,17-18H,1-2H3. The van der Waals surface area contributed by atoms with Gasteiger partial charge in [-0.2, -0.15) is 0 Å². The second kappa shape index (κ2) is 3.64. The van der Waals surface area contributed by atoms with Crippen LogP contribution >= 0.6 is 0 Å². The monoisotopic (exact) mass is 238 g/mol. The summed E-state index contributed by atoms with van der Waals surface area (Å²) in [7, 11) is 0. The van der Waals surface area contributed by atoms with Gasteiger partial charge in [-0.25, -0.2) is 0 Å². The highest BCUT2D eigenvalue weighted by atomic mass is 16.3. The smallest absolute Gasteiger partial charge is 0.165 e. The summed E-state index contributed by atoms with van der Waals surface area (Å²) in [6.07, 6.45) is 0. The summed E-state index contributed by atoms with van der Waals surface area (Å²) in [5.41, 5.74) is 1.87. The molecule has 90 valence electrons. The Kier molecular flexibility index (Phi) is 2.20. The van der Waals surface area contributed by atoms with Crippen LogP contribution in [0.2, 0.25) is 0 Å². The number of hydrogen-bond acceptors (Lipinski definition) is 2. The number of benzene rings is 3. The van der Waals surface area contributed by atoms with Gasteiger partial charge in [-0.15, -0.1) is 0 Å². The van der Waals surface area contributed by atoms with Crippen LogP contribution in [0.5, 0.6) is 11.5 Å². The number of rotatable bonds is 0. The molecule has 0 amide bonds. The van der Waals surface area contributed by atoms with Gasteiger partial charge >= 0.3 is 0 Å². The highest BCUT2D eigenvalue weighted by Crippen LogP contribution is 2.39. The minimum absolute atomic E-state index is 0.0329. The quantitative estimate of drug-likeness (QED) is 0.458. The van der Waals surface area contributed by atoms with Crippen molar-refractivity contribution in [1.82, 2.24) is 0 Å². The summed E-state index contributed by atoms with van der Waals surface area (Å²) in [4.78, 5) is 0. The Bertz CT molecular complexity index is 773. The van der Waals surface area contributed by atoms with Crippen LogP contribution in [0, 0.1) is 13.8 Å². The van der Waals surface area contributed by atoms with Gasteiger partial charge in [0, 0.05) is 5.39 Å². The number of phenols is 2. The van der Waals surface area contributed by atoms with Crippen molar-refractivity contribution in [2.45, 2.75) is 13.8 Å². The Labute approximate surface area is 105 Å². The highest BCUT2D eigenvalue weighted by molar-refractivity contribution is 6.10. The van der Waals surface area contributed by atoms with Gasteiger partial charge in [0.25, 0.3) is 0 Å². The Hall–Kier alpha value is -2.22. The molecule has 3 aromatic carbocycles. The molecule has 2 heteroatoms. The lowest BCUT2D eigenvalue weighted by Crippen LogP contribution is -1.83. The number of phenolic OH excluding ortho intramolecular Hbond substituents is 2. The predicted molar refractivity (Wildman–Crippen MR) is 74.3 cm³/mol. The van der Waals surface area contributed by atoms with E-state index in [2.05, 4.69) is 18.2 Å². The maximum atomic E-state index is 10.0. The predicted octanol–water partition coefficient (Wildman–Crippen LogP) is 4.02. The first-order valence-corrected chi connectivity index (χ1v) is 5.92. The molecule has 18 heavy (non-hydrogen) atoms. The fourth-order valence-corrected chi connectivity index (χ4v) is 2.42. The zero-order chi connectivity index (χ0) is 12.9. The fraction of sp³-hybridized carbons (Fsp3) is 0.125. The van der Waals surface area contributed by atoms with Crippen molar-refractivity contribution in [3.63, 3.8) is 0 Å². The Morgan fingerprint density at radius 3 is 2.22 bits per heavy atom. The minimum atomic E-state index is -0.0339. The van der Waals surface area contributed by atoms with Crippen LogP contribution in [0.3, 0.4) is 0 Å². The normalized spacial score (nSPS) is 11.2. The van der Waals surface area contributed by atoms with Gasteiger partial charge in [0.05, 0.1) is 0 Å². The number of aryl methyl sites for hydroxylation is 2. The molecule has 0 saturated carbocycles. The van der Waals surface area contributed by atoms with Gasteiger partial charge in [-0.1, -0.05) is 29.8 Å². The molecule has 0 bridgehead atoms. The van der Waals surface area contributed by atoms with E-state index in [0.717, 1.165) is 16.2 Å². The van der Waals surface area contributed by atoms with Gasteiger partial charge in [-0.05, 0) is 47.7 Å². The Balaban J connectivity index is 2.58. The summed E-state index contributed by atoms with van der Waals surface area (Å²) in [5, 5.41) is 23.7. The SMILES string of the molecule is Cc1ccc2ccc3c(O)c(O)c(C)cc3c2c1. The average molecular weight is 238 g/mol. The molecule has 0 radical (unpaired) electrons. The molecule has 0 heterocycles. The van der Waals surface area contributed by atoms with Gasteiger partial charge in [0.1, 0.15) is 0 Å². The first kappa shape index (κ1) is 10.9. The highest BCUT2D eigenvalue weighted by Gasteiger charge is 2.11. The summed E-state index contributed by atoms with van der Waals surface area (Å²) < 4.78 is 0. The molecule has 0 spiro atoms. The Morgan fingerprint density at radius 1 is 0.722 bits per heavy atom. The summed E-state index contributed by atoms with van der Waals surface area (Å²) in [6.45, 7) is 3.84. The van der Waals surface area contributed by atoms with Crippen LogP contribution < -0.4 is 0 Å². The largest absolute Gasteiger partial charge is 0.504 e. The molecule has 0 aromatic heterocycles. The Morgan fingerprint density at radius 2 is 1.44 bits per heavy atom. The molecule has 0 atom stereocenters. The van der Waals surface area contributed by atoms with E-state index in [-0.39, 0.29) is 11.5 Å². The van der Waals surface area contributed by atoms with Crippen LogP contribution in [-0.4, -0.2) is 10.2 Å². The van der Waals surface area contributed by atoms with E-state index in [4.69, 9.17) is 0 Å². The molecule has 0 unspecified atom stereocenters. The van der Waals surface area contributed by atoms with E-state index < -0.39 is 0 Å². The van der Waals surface area contributed by atoms with Gasteiger partial charge < -0.3 is 10.2 Å². The molecule has 2 nitrogen and oxygen atoms in total. The molecule has 0 aliphatic heterocycles. The second-order valence-corrected chi connectivity index (χ2v) is 4.78. The third kappa shape index (κ3) is 1.42. The van der Waals surface area contributed by atoms with Crippen LogP contribution in [0.4, 0.5) is 0 Å². The zero-order valence-corrected chi connectivity index (χ0v) is 10.4. The molecule has 0 fully saturated rings. The van der Waals surface area contributed by atoms with E-state index in [1.54, 1.807) is 6.92 Å². The molecule has 0 saturated heterocycles. The van der Waals surface area contributed by atoms with E-state index in [9.17, 15) is 10.2 Å². The lowest BCUT2D eigenvalue weighted by atomic mass is 9.97. The third-order valence-electron chi connectivity index (χ3n) is 3.43. The summed E-state index contributed by atoms with van der Waals surface area (Å²) >= 11 is 0. The van der Waals surface area contributed by atoms with Crippen molar-refractivity contribution in [1.29, 1.82) is 0 Å². The van der Waals surface area contributed by atoms with Crippen molar-refractivity contribution < 1.29 is 10.2 Å². The maximum Gasteiger partial charge on any atom is 0.165 e. The fourth-order valence-electron chi connectivity index (χ4n) is 2.42. The number of aromatic hydroxyl groups is 2. The third-order valence-corrected chi connectivity index (χ3v) is 3.43. The van der Waals surface area contributed by atoms with Crippen LogP contribution in [-0.2, 0) is 0 Å². The van der Waals surface area contributed by atoms with E-state index >= 15 is 0 Å². The summed E-state index contributed by atoms with van der Waals surface area (Å²) in [6, 6.07) is 12.0. The molecule has 0 aliphatic carbocycles. The lowest BCUT2D eigenvalue weighted by molar-refractivity contribution is 0.405. The zero-order valence-electron chi connectivity index (χ0n) is 10.4. The molecule has 0 aliphatic rings. The van der Waals surface area contributed by atoms with Crippen molar-refractivity contribution in [3.05, 3.63) is 47.5 Å². The average Bonchev–Trinajstić information content (AvgIpc) is 2.36. The summed E-state index contributed by atoms with van der Waals surface area (Å²) in [5.74, 6) is -0.0668. The van der Waals surface area contributed by atoms with E-state index in [0.29, 0.717) is 10.9 Å². The van der Waals surface area contributed by atoms with Crippen LogP contribution in [0.25, 0.3) is 21.5 Å². The van der Waals surface area contributed by atoms with Gasteiger partial charge in [-0.3, -0.25) is 0 Å². The van der Waals surface area contributed by atoms with E-state index in [1.807, 2.05) is 25.1 Å². The molecule has 3 aromatic rings. The van der Waals surface area contributed by atoms with Crippen LogP contribution in [0.1, 0.15) is 11.1 Å². The molecular formula is C16H14O2. The van der Waals surface area contributed by atoms with Gasteiger partial charge in [0.2, 0.25) is 0 Å². The second-order valence-electron chi connectivity index (χ2n) is 4.78.